The SMILES string of the molecule is CC(C)(NC(=O)c1cc2[nH]c3ccccc3c(=O)c2cc1F)c1ccc2c(c1)OCO2. The second kappa shape index (κ2) is 6.84. The molecule has 2 heterocycles. The second-order valence-electron chi connectivity index (χ2n) is 8.02. The fourth-order valence-corrected chi connectivity index (χ4v) is 3.83. The molecule has 2 N–H and O–H groups in total. The summed E-state index contributed by atoms with van der Waals surface area (Å²) in [6.07, 6.45) is 0. The minimum absolute atomic E-state index is 0.146. The van der Waals surface area contributed by atoms with Crippen molar-refractivity contribution in [1.82, 2.24) is 10.3 Å². The predicted molar refractivity (Wildman–Crippen MR) is 115 cm³/mol. The summed E-state index contributed by atoms with van der Waals surface area (Å²) in [4.78, 5) is 28.8. The third kappa shape index (κ3) is 3.18. The van der Waals surface area contributed by atoms with Crippen molar-refractivity contribution in [3.63, 3.8) is 0 Å². The number of ether oxygens (including phenoxy) is 2. The van der Waals surface area contributed by atoms with Gasteiger partial charge in [0.2, 0.25) is 6.79 Å². The lowest BCUT2D eigenvalue weighted by atomic mass is 9.93. The highest BCUT2D eigenvalue weighted by Gasteiger charge is 2.27. The van der Waals surface area contributed by atoms with Crippen molar-refractivity contribution in [3.8, 4) is 11.5 Å². The number of benzene rings is 3. The van der Waals surface area contributed by atoms with Crippen molar-refractivity contribution in [2.75, 3.05) is 6.79 Å². The van der Waals surface area contributed by atoms with Crippen LogP contribution in [0, 0.1) is 5.82 Å². The molecule has 0 radical (unpaired) electrons. The molecule has 3 aromatic carbocycles. The maximum atomic E-state index is 14.9. The molecule has 4 aromatic rings. The number of rotatable bonds is 3. The van der Waals surface area contributed by atoms with Gasteiger partial charge in [0.1, 0.15) is 5.82 Å². The molecule has 6 nitrogen and oxygen atoms in total. The number of aromatic nitrogens is 1. The van der Waals surface area contributed by atoms with Crippen molar-refractivity contribution < 1.29 is 18.7 Å². The maximum Gasteiger partial charge on any atom is 0.255 e. The summed E-state index contributed by atoms with van der Waals surface area (Å²) >= 11 is 0. The van der Waals surface area contributed by atoms with Gasteiger partial charge in [-0.3, -0.25) is 9.59 Å². The Labute approximate surface area is 176 Å². The lowest BCUT2D eigenvalue weighted by Gasteiger charge is -2.27. The van der Waals surface area contributed by atoms with Gasteiger partial charge in [-0.05, 0) is 55.8 Å². The van der Waals surface area contributed by atoms with Crippen molar-refractivity contribution in [3.05, 3.63) is 81.8 Å². The second-order valence-corrected chi connectivity index (χ2v) is 8.02. The Hall–Kier alpha value is -3.87. The Morgan fingerprint density at radius 2 is 1.77 bits per heavy atom. The molecule has 0 aliphatic carbocycles. The first kappa shape index (κ1) is 19.1. The Balaban J connectivity index is 1.52. The van der Waals surface area contributed by atoms with E-state index in [1.165, 1.54) is 6.07 Å². The van der Waals surface area contributed by atoms with E-state index in [9.17, 15) is 14.0 Å². The van der Waals surface area contributed by atoms with Gasteiger partial charge in [-0.2, -0.15) is 0 Å². The molecule has 1 aromatic heterocycles. The average molecular weight is 418 g/mol. The molecule has 1 amide bonds. The van der Waals surface area contributed by atoms with Crippen LogP contribution in [0.5, 0.6) is 11.5 Å². The number of para-hydroxylation sites is 1. The average Bonchev–Trinajstić information content (AvgIpc) is 3.22. The van der Waals surface area contributed by atoms with Crippen LogP contribution in [0.25, 0.3) is 21.8 Å². The van der Waals surface area contributed by atoms with E-state index in [2.05, 4.69) is 10.3 Å². The van der Waals surface area contributed by atoms with Crippen LogP contribution >= 0.6 is 0 Å². The Kier molecular flexibility index (Phi) is 4.22. The lowest BCUT2D eigenvalue weighted by molar-refractivity contribution is 0.0908. The molecule has 0 bridgehead atoms. The number of aromatic amines is 1. The van der Waals surface area contributed by atoms with Crippen LogP contribution < -0.4 is 20.2 Å². The van der Waals surface area contributed by atoms with Crippen LogP contribution in [0.3, 0.4) is 0 Å². The van der Waals surface area contributed by atoms with Crippen LogP contribution in [0.15, 0.2) is 59.4 Å². The van der Waals surface area contributed by atoms with Gasteiger partial charge in [-0.25, -0.2) is 4.39 Å². The van der Waals surface area contributed by atoms with Gasteiger partial charge < -0.3 is 19.8 Å². The predicted octanol–water partition coefficient (Wildman–Crippen LogP) is 4.21. The molecule has 0 fully saturated rings. The molecule has 7 heteroatoms. The van der Waals surface area contributed by atoms with E-state index in [0.29, 0.717) is 27.9 Å². The van der Waals surface area contributed by atoms with Gasteiger partial charge >= 0.3 is 0 Å². The molecule has 1 aliphatic heterocycles. The summed E-state index contributed by atoms with van der Waals surface area (Å²) in [7, 11) is 0. The number of H-pyrrole nitrogens is 1. The van der Waals surface area contributed by atoms with Crippen LogP contribution in [-0.4, -0.2) is 17.7 Å². The zero-order valence-corrected chi connectivity index (χ0v) is 16.9. The molecule has 0 unspecified atom stereocenters. The minimum Gasteiger partial charge on any atom is -0.454 e. The van der Waals surface area contributed by atoms with E-state index in [1.807, 2.05) is 19.9 Å². The highest BCUT2D eigenvalue weighted by Crippen LogP contribution is 2.35. The molecule has 0 saturated heterocycles. The first-order chi connectivity index (χ1) is 14.8. The number of nitrogens with one attached hydrogen (secondary N) is 2. The van der Waals surface area contributed by atoms with Crippen molar-refractivity contribution in [2.45, 2.75) is 19.4 Å². The number of hydrogen-bond acceptors (Lipinski definition) is 4. The number of halogens is 1. The van der Waals surface area contributed by atoms with Gasteiger partial charge in [0, 0.05) is 16.3 Å². The van der Waals surface area contributed by atoms with E-state index < -0.39 is 17.3 Å². The third-order valence-corrected chi connectivity index (χ3v) is 5.56. The van der Waals surface area contributed by atoms with Gasteiger partial charge in [0.15, 0.2) is 16.9 Å². The Bertz CT molecular complexity index is 1420. The summed E-state index contributed by atoms with van der Waals surface area (Å²) in [5.74, 6) is -0.105. The fraction of sp³-hybridized carbons (Fsp3) is 0.167. The summed E-state index contributed by atoms with van der Waals surface area (Å²) in [5, 5.41) is 3.54. The van der Waals surface area contributed by atoms with Crippen molar-refractivity contribution in [1.29, 1.82) is 0 Å². The molecule has 5 rings (SSSR count). The van der Waals surface area contributed by atoms with Crippen LogP contribution in [0.1, 0.15) is 29.8 Å². The number of carbonyl (C=O) groups excluding carboxylic acids is 1. The van der Waals surface area contributed by atoms with Gasteiger partial charge in [0.25, 0.3) is 5.91 Å². The Morgan fingerprint density at radius 1 is 1.00 bits per heavy atom. The first-order valence-corrected chi connectivity index (χ1v) is 9.80. The van der Waals surface area contributed by atoms with Gasteiger partial charge in [0.05, 0.1) is 16.6 Å². The minimum atomic E-state index is -0.809. The summed E-state index contributed by atoms with van der Waals surface area (Å²) in [6.45, 7) is 3.79. The maximum absolute atomic E-state index is 14.9. The molecular formula is C24H19FN2O4. The molecule has 0 atom stereocenters. The van der Waals surface area contributed by atoms with Crippen molar-refractivity contribution in [2.24, 2.45) is 0 Å². The van der Waals surface area contributed by atoms with E-state index in [-0.39, 0.29) is 23.2 Å². The number of carbonyl (C=O) groups is 1. The normalized spacial score (nSPS) is 13.0. The van der Waals surface area contributed by atoms with Crippen LogP contribution in [0.4, 0.5) is 4.39 Å². The zero-order valence-electron chi connectivity index (χ0n) is 16.9. The molecule has 156 valence electrons. The highest BCUT2D eigenvalue weighted by molar-refractivity contribution is 6.00. The molecule has 0 saturated carbocycles. The smallest absolute Gasteiger partial charge is 0.255 e. The highest BCUT2D eigenvalue weighted by atomic mass is 19.1. The summed E-state index contributed by atoms with van der Waals surface area (Å²) < 4.78 is 25.6. The van der Waals surface area contributed by atoms with E-state index in [1.54, 1.807) is 36.4 Å². The largest absolute Gasteiger partial charge is 0.454 e. The van der Waals surface area contributed by atoms with Crippen molar-refractivity contribution >= 4 is 27.7 Å². The van der Waals surface area contributed by atoms with E-state index in [4.69, 9.17) is 9.47 Å². The molecule has 0 spiro atoms. The number of hydrogen-bond donors (Lipinski definition) is 2. The monoisotopic (exact) mass is 418 g/mol. The van der Waals surface area contributed by atoms with Crippen LogP contribution in [0.2, 0.25) is 0 Å². The summed E-state index contributed by atoms with van der Waals surface area (Å²) in [6, 6.07) is 14.9. The molecule has 1 aliphatic rings. The topological polar surface area (TPSA) is 80.4 Å². The molecular weight excluding hydrogens is 399 g/mol. The number of fused-ring (bicyclic) bond motifs is 3. The fourth-order valence-electron chi connectivity index (χ4n) is 3.83. The first-order valence-electron chi connectivity index (χ1n) is 9.80. The van der Waals surface area contributed by atoms with Gasteiger partial charge in [-0.1, -0.05) is 18.2 Å². The Morgan fingerprint density at radius 3 is 2.61 bits per heavy atom. The lowest BCUT2D eigenvalue weighted by Crippen LogP contribution is -2.41. The molecule has 31 heavy (non-hydrogen) atoms. The number of pyridine rings is 1. The quantitative estimate of drug-likeness (QED) is 0.489. The van der Waals surface area contributed by atoms with Crippen LogP contribution in [-0.2, 0) is 5.54 Å². The number of amides is 1. The van der Waals surface area contributed by atoms with E-state index >= 15 is 0 Å². The standard InChI is InChI=1S/C24H19FN2O4/c1-24(2,13-7-8-20-21(9-13)31-12-30-20)27-23(29)15-11-19-16(10-17(15)25)22(28)14-5-3-4-6-18(14)26-19/h3-11H,12H2,1-2H3,(H,26,28)(H,27,29). The van der Waals surface area contributed by atoms with Gasteiger partial charge in [-0.15, -0.1) is 0 Å². The zero-order chi connectivity index (χ0) is 21.8. The third-order valence-electron chi connectivity index (χ3n) is 5.56. The summed E-state index contributed by atoms with van der Waals surface area (Å²) in [5.41, 5.74) is 0.569. The van der Waals surface area contributed by atoms with E-state index in [0.717, 1.165) is 11.6 Å².